The minimum Gasteiger partial charge on any atom is -0.324 e. The number of hydrogen-bond acceptors (Lipinski definition) is 3. The molecule has 1 atom stereocenters. The van der Waals surface area contributed by atoms with Crippen LogP contribution in [0.15, 0.2) is 16.8 Å². The van der Waals surface area contributed by atoms with Crippen LogP contribution < -0.4 is 11.1 Å². The summed E-state index contributed by atoms with van der Waals surface area (Å²) in [4.78, 5) is 11.2. The van der Waals surface area contributed by atoms with Crippen molar-refractivity contribution >= 4 is 22.9 Å². The minimum atomic E-state index is -0.398. The molecule has 66 valence electrons. The number of hydrogen-bond donors (Lipinski definition) is 2. The molecule has 0 aromatic carbocycles. The summed E-state index contributed by atoms with van der Waals surface area (Å²) in [5.41, 5.74) is 6.35. The average molecular weight is 184 g/mol. The van der Waals surface area contributed by atoms with Crippen molar-refractivity contribution < 1.29 is 4.79 Å². The highest BCUT2D eigenvalue weighted by Gasteiger charge is 2.10. The summed E-state index contributed by atoms with van der Waals surface area (Å²) in [6.45, 7) is 1.89. The Bertz CT molecular complexity index is 246. The first-order valence-corrected chi connectivity index (χ1v) is 4.77. The molecule has 12 heavy (non-hydrogen) atoms. The number of nitrogens with two attached hydrogens (primary N) is 1. The van der Waals surface area contributed by atoms with Gasteiger partial charge in [0.1, 0.15) is 0 Å². The smallest absolute Gasteiger partial charge is 0.241 e. The molecule has 0 saturated heterocycles. The number of thiophene rings is 1. The molecule has 0 aliphatic heterocycles. The van der Waals surface area contributed by atoms with Crippen molar-refractivity contribution in [3.05, 3.63) is 16.8 Å². The van der Waals surface area contributed by atoms with Crippen LogP contribution in [-0.2, 0) is 4.79 Å². The maximum absolute atomic E-state index is 11.2. The fourth-order valence-electron chi connectivity index (χ4n) is 0.756. The number of carbonyl (C=O) groups excluding carboxylic acids is 1. The Morgan fingerprint density at radius 1 is 1.83 bits per heavy atom. The molecule has 0 unspecified atom stereocenters. The molecular formula is C8H12N2OS. The van der Waals surface area contributed by atoms with E-state index in [1.807, 2.05) is 23.8 Å². The van der Waals surface area contributed by atoms with Crippen LogP contribution in [0.3, 0.4) is 0 Å². The Kier molecular flexibility index (Phi) is 3.25. The minimum absolute atomic E-state index is 0.115. The summed E-state index contributed by atoms with van der Waals surface area (Å²) < 4.78 is 0. The van der Waals surface area contributed by atoms with E-state index in [1.165, 1.54) is 0 Å². The van der Waals surface area contributed by atoms with E-state index in [4.69, 9.17) is 5.73 Å². The van der Waals surface area contributed by atoms with Gasteiger partial charge in [-0.3, -0.25) is 4.79 Å². The zero-order chi connectivity index (χ0) is 8.97. The van der Waals surface area contributed by atoms with Crippen molar-refractivity contribution in [3.8, 4) is 0 Å². The summed E-state index contributed by atoms with van der Waals surface area (Å²) in [6, 6.07) is 1.45. The topological polar surface area (TPSA) is 55.1 Å². The lowest BCUT2D eigenvalue weighted by Crippen LogP contribution is -2.34. The molecule has 0 saturated carbocycles. The molecule has 0 spiro atoms. The zero-order valence-corrected chi connectivity index (χ0v) is 7.73. The quantitative estimate of drug-likeness (QED) is 0.746. The van der Waals surface area contributed by atoms with Crippen LogP contribution in [0.1, 0.15) is 13.3 Å². The Morgan fingerprint density at radius 2 is 2.58 bits per heavy atom. The van der Waals surface area contributed by atoms with Gasteiger partial charge in [-0.05, 0) is 17.9 Å². The van der Waals surface area contributed by atoms with Crippen LogP contribution in [-0.4, -0.2) is 11.9 Å². The number of carbonyl (C=O) groups is 1. The zero-order valence-electron chi connectivity index (χ0n) is 6.91. The first-order chi connectivity index (χ1) is 5.74. The maximum Gasteiger partial charge on any atom is 0.241 e. The molecule has 1 amide bonds. The fraction of sp³-hybridized carbons (Fsp3) is 0.375. The first kappa shape index (κ1) is 9.22. The third-order valence-electron chi connectivity index (χ3n) is 1.57. The van der Waals surface area contributed by atoms with E-state index in [0.717, 1.165) is 5.69 Å². The largest absolute Gasteiger partial charge is 0.324 e. The van der Waals surface area contributed by atoms with Crippen LogP contribution in [0.25, 0.3) is 0 Å². The molecule has 0 bridgehead atoms. The molecular weight excluding hydrogens is 172 g/mol. The second-order valence-corrected chi connectivity index (χ2v) is 3.30. The van der Waals surface area contributed by atoms with E-state index < -0.39 is 6.04 Å². The third kappa shape index (κ3) is 2.32. The van der Waals surface area contributed by atoms with Crippen LogP contribution in [0, 0.1) is 0 Å². The lowest BCUT2D eigenvalue weighted by molar-refractivity contribution is -0.117. The Hall–Kier alpha value is -0.870. The SMILES string of the molecule is CC[C@H](N)C(=O)Nc1ccsc1. The third-order valence-corrected chi connectivity index (χ3v) is 2.25. The Balaban J connectivity index is 2.47. The number of rotatable bonds is 3. The molecule has 1 rings (SSSR count). The lowest BCUT2D eigenvalue weighted by atomic mass is 10.2. The summed E-state index contributed by atoms with van der Waals surface area (Å²) in [6.07, 6.45) is 0.663. The molecule has 0 fully saturated rings. The van der Waals surface area contributed by atoms with E-state index in [9.17, 15) is 4.79 Å². The summed E-state index contributed by atoms with van der Waals surface area (Å²) >= 11 is 1.55. The summed E-state index contributed by atoms with van der Waals surface area (Å²) in [5, 5.41) is 6.50. The van der Waals surface area contributed by atoms with Crippen LogP contribution in [0.2, 0.25) is 0 Å². The molecule has 1 heterocycles. The van der Waals surface area contributed by atoms with Gasteiger partial charge in [0, 0.05) is 5.38 Å². The second kappa shape index (κ2) is 4.23. The average Bonchev–Trinajstić information content (AvgIpc) is 2.55. The maximum atomic E-state index is 11.2. The fourth-order valence-corrected chi connectivity index (χ4v) is 1.34. The lowest BCUT2D eigenvalue weighted by Gasteiger charge is -2.07. The predicted molar refractivity (Wildman–Crippen MR) is 51.2 cm³/mol. The summed E-state index contributed by atoms with van der Waals surface area (Å²) in [7, 11) is 0. The van der Waals surface area contributed by atoms with E-state index in [-0.39, 0.29) is 5.91 Å². The van der Waals surface area contributed by atoms with Gasteiger partial charge in [-0.2, -0.15) is 11.3 Å². The van der Waals surface area contributed by atoms with Gasteiger partial charge in [0.15, 0.2) is 0 Å². The molecule has 3 N–H and O–H groups in total. The normalized spacial score (nSPS) is 12.5. The van der Waals surface area contributed by atoms with Crippen molar-refractivity contribution in [2.45, 2.75) is 19.4 Å². The van der Waals surface area contributed by atoms with Gasteiger partial charge in [0.25, 0.3) is 0 Å². The second-order valence-electron chi connectivity index (χ2n) is 2.52. The molecule has 1 aromatic rings. The highest BCUT2D eigenvalue weighted by atomic mass is 32.1. The Labute approximate surface area is 75.6 Å². The number of anilines is 1. The van der Waals surface area contributed by atoms with Gasteiger partial charge in [0.05, 0.1) is 11.7 Å². The first-order valence-electron chi connectivity index (χ1n) is 3.82. The molecule has 3 nitrogen and oxygen atoms in total. The van der Waals surface area contributed by atoms with Gasteiger partial charge in [0.2, 0.25) is 5.91 Å². The van der Waals surface area contributed by atoms with Gasteiger partial charge in [-0.15, -0.1) is 0 Å². The van der Waals surface area contributed by atoms with Gasteiger partial charge >= 0.3 is 0 Å². The van der Waals surface area contributed by atoms with Gasteiger partial charge < -0.3 is 11.1 Å². The van der Waals surface area contributed by atoms with Crippen molar-refractivity contribution in [2.24, 2.45) is 5.73 Å². The number of amides is 1. The molecule has 0 aliphatic carbocycles. The van der Waals surface area contributed by atoms with Crippen LogP contribution in [0.4, 0.5) is 5.69 Å². The van der Waals surface area contributed by atoms with Crippen molar-refractivity contribution in [1.82, 2.24) is 0 Å². The van der Waals surface area contributed by atoms with Gasteiger partial charge in [-0.1, -0.05) is 6.92 Å². The molecule has 0 radical (unpaired) electrons. The van der Waals surface area contributed by atoms with Crippen LogP contribution in [0.5, 0.6) is 0 Å². The summed E-state index contributed by atoms with van der Waals surface area (Å²) in [5.74, 6) is -0.115. The predicted octanol–water partition coefficient (Wildman–Crippen LogP) is 1.42. The molecule has 1 aromatic heterocycles. The Morgan fingerprint density at radius 3 is 3.08 bits per heavy atom. The van der Waals surface area contributed by atoms with Crippen molar-refractivity contribution in [2.75, 3.05) is 5.32 Å². The number of nitrogens with one attached hydrogen (secondary N) is 1. The van der Waals surface area contributed by atoms with Crippen LogP contribution >= 0.6 is 11.3 Å². The van der Waals surface area contributed by atoms with Crippen molar-refractivity contribution in [3.63, 3.8) is 0 Å². The highest BCUT2D eigenvalue weighted by Crippen LogP contribution is 2.11. The molecule has 4 heteroatoms. The van der Waals surface area contributed by atoms with E-state index in [1.54, 1.807) is 11.3 Å². The molecule has 0 aliphatic rings. The highest BCUT2D eigenvalue weighted by molar-refractivity contribution is 7.08. The van der Waals surface area contributed by atoms with E-state index >= 15 is 0 Å². The van der Waals surface area contributed by atoms with Gasteiger partial charge in [-0.25, -0.2) is 0 Å². The monoisotopic (exact) mass is 184 g/mol. The standard InChI is InChI=1S/C8H12N2OS/c1-2-7(9)8(11)10-6-3-4-12-5-6/h3-5,7H,2,9H2,1H3,(H,10,11)/t7-/m0/s1. The van der Waals surface area contributed by atoms with E-state index in [2.05, 4.69) is 5.32 Å². The van der Waals surface area contributed by atoms with E-state index in [0.29, 0.717) is 6.42 Å². The van der Waals surface area contributed by atoms with Crippen molar-refractivity contribution in [1.29, 1.82) is 0 Å².